The molecule has 0 amide bonds. The minimum atomic E-state index is 0. The number of aryl methyl sites for hydroxylation is 1. The van der Waals surface area contributed by atoms with Gasteiger partial charge in [0.1, 0.15) is 0 Å². The zero-order valence-corrected chi connectivity index (χ0v) is 20.4. The van der Waals surface area contributed by atoms with Gasteiger partial charge in [0.2, 0.25) is 0 Å². The van der Waals surface area contributed by atoms with E-state index in [1.807, 2.05) is 0 Å². The lowest BCUT2D eigenvalue weighted by Crippen LogP contribution is -1.91. The van der Waals surface area contributed by atoms with Crippen molar-refractivity contribution in [3.63, 3.8) is 0 Å². The molecule has 31 heavy (non-hydrogen) atoms. The average molecular weight is 440 g/mol. The number of para-hydroxylation sites is 1. The van der Waals surface area contributed by atoms with E-state index >= 15 is 0 Å². The van der Waals surface area contributed by atoms with Crippen molar-refractivity contribution < 1.29 is 0 Å². The number of pyridine rings is 1. The molecule has 2 heteroatoms. The van der Waals surface area contributed by atoms with Crippen LogP contribution in [0, 0.1) is 0 Å². The Kier molecular flexibility index (Phi) is 12.6. The van der Waals surface area contributed by atoms with E-state index in [1.165, 1.54) is 113 Å². The van der Waals surface area contributed by atoms with Gasteiger partial charge in [-0.25, -0.2) is 4.98 Å². The van der Waals surface area contributed by atoms with Crippen molar-refractivity contribution in [1.29, 1.82) is 0 Å². The smallest absolute Gasteiger partial charge is 0.0712 e. The fourth-order valence-corrected chi connectivity index (χ4v) is 4.59. The molecule has 0 aliphatic carbocycles. The van der Waals surface area contributed by atoms with Gasteiger partial charge >= 0.3 is 0 Å². The largest absolute Gasteiger partial charge is 0.248 e. The van der Waals surface area contributed by atoms with Crippen LogP contribution in [0.4, 0.5) is 0 Å². The number of aromatic nitrogens is 1. The van der Waals surface area contributed by atoms with E-state index in [0.29, 0.717) is 0 Å². The van der Waals surface area contributed by atoms with Crippen LogP contribution in [-0.4, -0.2) is 4.98 Å². The van der Waals surface area contributed by atoms with Crippen LogP contribution in [-0.2, 0) is 6.42 Å². The van der Waals surface area contributed by atoms with Gasteiger partial charge in [-0.3, -0.25) is 0 Å². The number of unbranched alkanes of at least 4 members (excludes halogenated alkanes) is 13. The third-order valence-electron chi connectivity index (χ3n) is 6.45. The van der Waals surface area contributed by atoms with Crippen LogP contribution in [0.5, 0.6) is 0 Å². The standard InChI is InChI=1S/C29H41N.ClH/c1-2-3-4-5-6-7-8-9-10-11-12-13-14-15-19-25-21-18-23-29-27(25)24-26-20-16-17-22-28(26)30-29;/h16-18,20-24H,2-15,19H2,1H3;1H. The Morgan fingerprint density at radius 1 is 0.581 bits per heavy atom. The highest BCUT2D eigenvalue weighted by Crippen LogP contribution is 2.24. The first-order chi connectivity index (χ1) is 14.9. The fourth-order valence-electron chi connectivity index (χ4n) is 4.59. The minimum absolute atomic E-state index is 0. The first kappa shape index (κ1) is 25.7. The fraction of sp³-hybridized carbons (Fsp3) is 0.552. The van der Waals surface area contributed by atoms with Crippen LogP contribution in [0.15, 0.2) is 48.5 Å². The molecule has 2 aromatic carbocycles. The normalized spacial score (nSPS) is 11.1. The van der Waals surface area contributed by atoms with Crippen molar-refractivity contribution >= 4 is 34.2 Å². The lowest BCUT2D eigenvalue weighted by molar-refractivity contribution is 0.535. The second-order valence-corrected chi connectivity index (χ2v) is 9.01. The Bertz CT molecular complexity index is 873. The van der Waals surface area contributed by atoms with E-state index in [9.17, 15) is 0 Å². The maximum Gasteiger partial charge on any atom is 0.0712 e. The third kappa shape index (κ3) is 8.81. The van der Waals surface area contributed by atoms with E-state index < -0.39 is 0 Å². The molecule has 1 aromatic heterocycles. The van der Waals surface area contributed by atoms with Crippen LogP contribution in [0.1, 0.15) is 102 Å². The summed E-state index contributed by atoms with van der Waals surface area (Å²) in [5.74, 6) is 0. The highest BCUT2D eigenvalue weighted by atomic mass is 35.5. The van der Waals surface area contributed by atoms with E-state index in [4.69, 9.17) is 4.98 Å². The summed E-state index contributed by atoms with van der Waals surface area (Å²) in [7, 11) is 0. The molecule has 0 aliphatic rings. The number of halogens is 1. The van der Waals surface area contributed by atoms with Crippen LogP contribution >= 0.6 is 12.4 Å². The molecule has 0 radical (unpaired) electrons. The Balaban J connectivity index is 0.00000341. The van der Waals surface area contributed by atoms with Crippen LogP contribution in [0.2, 0.25) is 0 Å². The quantitative estimate of drug-likeness (QED) is 0.169. The van der Waals surface area contributed by atoms with Gasteiger partial charge in [0.25, 0.3) is 0 Å². The van der Waals surface area contributed by atoms with Crippen molar-refractivity contribution in [1.82, 2.24) is 4.98 Å². The molecule has 0 saturated carbocycles. The maximum atomic E-state index is 4.86. The molecule has 0 saturated heterocycles. The summed E-state index contributed by atoms with van der Waals surface area (Å²) in [6.45, 7) is 2.29. The number of rotatable bonds is 15. The summed E-state index contributed by atoms with van der Waals surface area (Å²) in [6, 6.07) is 17.4. The van der Waals surface area contributed by atoms with Crippen molar-refractivity contribution in [2.24, 2.45) is 0 Å². The summed E-state index contributed by atoms with van der Waals surface area (Å²) in [5.41, 5.74) is 3.69. The van der Waals surface area contributed by atoms with Crippen molar-refractivity contribution in [2.75, 3.05) is 0 Å². The Hall–Kier alpha value is -1.60. The van der Waals surface area contributed by atoms with Crippen LogP contribution in [0.25, 0.3) is 21.8 Å². The van der Waals surface area contributed by atoms with E-state index in [-0.39, 0.29) is 12.4 Å². The summed E-state index contributed by atoms with van der Waals surface area (Å²) < 4.78 is 0. The van der Waals surface area contributed by atoms with Gasteiger partial charge < -0.3 is 0 Å². The zero-order chi connectivity index (χ0) is 20.9. The predicted octanol–water partition coefficient (Wildman–Crippen LogP) is 9.83. The Labute approximate surface area is 196 Å². The van der Waals surface area contributed by atoms with Gasteiger partial charge in [-0.05, 0) is 36.6 Å². The molecule has 0 aliphatic heterocycles. The molecular weight excluding hydrogens is 398 g/mol. The van der Waals surface area contributed by atoms with E-state index in [1.54, 1.807) is 0 Å². The highest BCUT2D eigenvalue weighted by Gasteiger charge is 2.04. The lowest BCUT2D eigenvalue weighted by Gasteiger charge is -2.08. The molecule has 3 rings (SSSR count). The lowest BCUT2D eigenvalue weighted by atomic mass is 9.99. The Morgan fingerprint density at radius 2 is 1.13 bits per heavy atom. The van der Waals surface area contributed by atoms with Crippen molar-refractivity contribution in [2.45, 2.75) is 103 Å². The molecule has 170 valence electrons. The van der Waals surface area contributed by atoms with Gasteiger partial charge in [0.15, 0.2) is 0 Å². The molecule has 1 nitrogen and oxygen atoms in total. The first-order valence-electron chi connectivity index (χ1n) is 12.7. The second-order valence-electron chi connectivity index (χ2n) is 9.01. The summed E-state index contributed by atoms with van der Waals surface area (Å²) in [4.78, 5) is 4.86. The van der Waals surface area contributed by atoms with E-state index in [2.05, 4.69) is 55.5 Å². The molecular formula is C29H42ClN. The third-order valence-corrected chi connectivity index (χ3v) is 6.45. The molecule has 0 fully saturated rings. The van der Waals surface area contributed by atoms with Crippen molar-refractivity contribution in [3.8, 4) is 0 Å². The van der Waals surface area contributed by atoms with E-state index in [0.717, 1.165) is 11.0 Å². The topological polar surface area (TPSA) is 12.9 Å². The molecule has 0 bridgehead atoms. The summed E-state index contributed by atoms with van der Waals surface area (Å²) in [6.07, 6.45) is 21.0. The Morgan fingerprint density at radius 3 is 1.77 bits per heavy atom. The molecule has 0 unspecified atom stereocenters. The number of nitrogens with zero attached hydrogens (tertiary/aromatic N) is 1. The van der Waals surface area contributed by atoms with Gasteiger partial charge in [-0.15, -0.1) is 12.4 Å². The van der Waals surface area contributed by atoms with Gasteiger partial charge in [0, 0.05) is 10.8 Å². The second kappa shape index (κ2) is 15.2. The maximum absolute atomic E-state index is 4.86. The average Bonchev–Trinajstić information content (AvgIpc) is 2.78. The zero-order valence-electron chi connectivity index (χ0n) is 19.6. The van der Waals surface area contributed by atoms with Crippen LogP contribution < -0.4 is 0 Å². The monoisotopic (exact) mass is 439 g/mol. The number of fused-ring (bicyclic) bond motifs is 2. The minimum Gasteiger partial charge on any atom is -0.248 e. The van der Waals surface area contributed by atoms with Crippen LogP contribution in [0.3, 0.4) is 0 Å². The number of benzene rings is 2. The molecule has 0 spiro atoms. The summed E-state index contributed by atoms with van der Waals surface area (Å²) >= 11 is 0. The predicted molar refractivity (Wildman–Crippen MR) is 141 cm³/mol. The molecule has 1 heterocycles. The van der Waals surface area contributed by atoms with Gasteiger partial charge in [-0.2, -0.15) is 0 Å². The molecule has 0 N–H and O–H groups in total. The summed E-state index contributed by atoms with van der Waals surface area (Å²) in [5, 5.41) is 2.59. The SMILES string of the molecule is CCCCCCCCCCCCCCCCc1cccc2nc3ccccc3cc12.Cl. The molecule has 3 aromatic rings. The molecule has 0 atom stereocenters. The number of hydrogen-bond acceptors (Lipinski definition) is 1. The number of hydrogen-bond donors (Lipinski definition) is 0. The highest BCUT2D eigenvalue weighted by molar-refractivity contribution is 5.94. The van der Waals surface area contributed by atoms with Gasteiger partial charge in [-0.1, -0.05) is 121 Å². The first-order valence-corrected chi connectivity index (χ1v) is 12.7. The van der Waals surface area contributed by atoms with Crippen molar-refractivity contribution in [3.05, 3.63) is 54.1 Å². The van der Waals surface area contributed by atoms with Gasteiger partial charge in [0.05, 0.1) is 11.0 Å².